The summed E-state index contributed by atoms with van der Waals surface area (Å²) in [4.78, 5) is 23.6. The number of thiazole rings is 1. The Morgan fingerprint density at radius 3 is 3.08 bits per heavy atom. The second-order valence-corrected chi connectivity index (χ2v) is 7.24. The van der Waals surface area contributed by atoms with Crippen molar-refractivity contribution in [2.45, 2.75) is 19.4 Å². The molecule has 4 rings (SSSR count). The molecule has 6 heteroatoms. The van der Waals surface area contributed by atoms with E-state index in [-0.39, 0.29) is 11.9 Å². The van der Waals surface area contributed by atoms with E-state index in [4.69, 9.17) is 0 Å². The Hall–Kier alpha value is -2.47. The van der Waals surface area contributed by atoms with Crippen molar-refractivity contribution in [3.63, 3.8) is 0 Å². The number of nitrogens with one attached hydrogen (secondary N) is 1. The molecule has 1 fully saturated rings. The fraction of sp³-hybridized carbons (Fsp3) is 0.278. The maximum absolute atomic E-state index is 12.5. The zero-order chi connectivity index (χ0) is 16.5. The average molecular weight is 338 g/mol. The Kier molecular flexibility index (Phi) is 3.90. The molecule has 1 aromatic carbocycles. The molecule has 3 heterocycles. The minimum Gasteiger partial charge on any atom is -0.354 e. The maximum Gasteiger partial charge on any atom is 0.251 e. The van der Waals surface area contributed by atoms with E-state index in [0.717, 1.165) is 40.6 Å². The first-order valence-electron chi connectivity index (χ1n) is 8.03. The van der Waals surface area contributed by atoms with Gasteiger partial charge in [-0.2, -0.15) is 0 Å². The van der Waals surface area contributed by atoms with Gasteiger partial charge in [0.2, 0.25) is 0 Å². The predicted molar refractivity (Wildman–Crippen MR) is 96.7 cm³/mol. The van der Waals surface area contributed by atoms with Crippen molar-refractivity contribution in [2.24, 2.45) is 0 Å². The summed E-state index contributed by atoms with van der Waals surface area (Å²) < 4.78 is 1.06. The third kappa shape index (κ3) is 2.97. The Labute approximate surface area is 144 Å². The van der Waals surface area contributed by atoms with Crippen LogP contribution >= 0.6 is 11.3 Å². The summed E-state index contributed by atoms with van der Waals surface area (Å²) in [6.45, 7) is 3.69. The van der Waals surface area contributed by atoms with Gasteiger partial charge in [-0.15, -0.1) is 11.3 Å². The summed E-state index contributed by atoms with van der Waals surface area (Å²) in [6.07, 6.45) is 2.73. The molecule has 1 amide bonds. The van der Waals surface area contributed by atoms with E-state index in [9.17, 15) is 4.79 Å². The number of aryl methyl sites for hydroxylation is 1. The number of aromatic nitrogens is 2. The van der Waals surface area contributed by atoms with Crippen LogP contribution in [0.25, 0.3) is 10.2 Å². The van der Waals surface area contributed by atoms with E-state index in [1.807, 2.05) is 43.3 Å². The van der Waals surface area contributed by atoms with Crippen LogP contribution in [0.4, 0.5) is 5.82 Å². The minimum atomic E-state index is -0.0178. The second kappa shape index (κ2) is 6.20. The lowest BCUT2D eigenvalue weighted by Gasteiger charge is -2.17. The summed E-state index contributed by atoms with van der Waals surface area (Å²) in [5.74, 6) is 0.951. The molecule has 5 nitrogen and oxygen atoms in total. The third-order valence-corrected chi connectivity index (χ3v) is 5.19. The van der Waals surface area contributed by atoms with E-state index in [1.54, 1.807) is 17.5 Å². The number of rotatable bonds is 3. The van der Waals surface area contributed by atoms with Gasteiger partial charge in [-0.3, -0.25) is 4.79 Å². The zero-order valence-corrected chi connectivity index (χ0v) is 14.2. The zero-order valence-electron chi connectivity index (χ0n) is 13.4. The summed E-state index contributed by atoms with van der Waals surface area (Å²) in [5.41, 5.74) is 1.65. The molecule has 1 aliphatic heterocycles. The smallest absolute Gasteiger partial charge is 0.251 e. The lowest BCUT2D eigenvalue weighted by atomic mass is 10.2. The van der Waals surface area contributed by atoms with Crippen LogP contribution in [0.1, 0.15) is 21.8 Å². The number of pyridine rings is 1. The van der Waals surface area contributed by atoms with Gasteiger partial charge in [0.05, 0.1) is 15.2 Å². The molecule has 3 aromatic rings. The third-order valence-electron chi connectivity index (χ3n) is 4.25. The Balaban J connectivity index is 1.44. The van der Waals surface area contributed by atoms with Crippen LogP contribution in [0.5, 0.6) is 0 Å². The van der Waals surface area contributed by atoms with Crippen molar-refractivity contribution in [1.82, 2.24) is 15.3 Å². The number of anilines is 1. The molecule has 1 N–H and O–H groups in total. The quantitative estimate of drug-likeness (QED) is 0.797. The normalized spacial score (nSPS) is 17.4. The van der Waals surface area contributed by atoms with E-state index in [2.05, 4.69) is 20.2 Å². The van der Waals surface area contributed by atoms with Crippen molar-refractivity contribution in [1.29, 1.82) is 0 Å². The number of carbonyl (C=O) groups excluding carboxylic acids is 1. The summed E-state index contributed by atoms with van der Waals surface area (Å²) in [6, 6.07) is 11.8. The fourth-order valence-corrected chi connectivity index (χ4v) is 3.94. The van der Waals surface area contributed by atoms with Gasteiger partial charge in [0.25, 0.3) is 5.91 Å². The number of fused-ring (bicyclic) bond motifs is 1. The Morgan fingerprint density at radius 2 is 2.25 bits per heavy atom. The van der Waals surface area contributed by atoms with Crippen LogP contribution in [0, 0.1) is 6.92 Å². The molecule has 2 aromatic heterocycles. The van der Waals surface area contributed by atoms with Gasteiger partial charge < -0.3 is 10.2 Å². The van der Waals surface area contributed by atoms with E-state index < -0.39 is 0 Å². The van der Waals surface area contributed by atoms with E-state index in [0.29, 0.717) is 5.56 Å². The van der Waals surface area contributed by atoms with Gasteiger partial charge in [0.1, 0.15) is 5.82 Å². The summed E-state index contributed by atoms with van der Waals surface area (Å²) in [5, 5.41) is 4.16. The summed E-state index contributed by atoms with van der Waals surface area (Å²) in [7, 11) is 0. The van der Waals surface area contributed by atoms with Crippen LogP contribution < -0.4 is 10.2 Å². The van der Waals surface area contributed by atoms with Gasteiger partial charge in [0, 0.05) is 30.9 Å². The maximum atomic E-state index is 12.5. The SMILES string of the molecule is Cc1nc2ccc(C(=O)N[C@H]3CCN(c4ccccn4)C3)cc2s1. The van der Waals surface area contributed by atoms with Gasteiger partial charge >= 0.3 is 0 Å². The molecule has 0 saturated carbocycles. The number of amides is 1. The van der Waals surface area contributed by atoms with Crippen molar-refractivity contribution in [3.8, 4) is 0 Å². The van der Waals surface area contributed by atoms with Crippen molar-refractivity contribution in [2.75, 3.05) is 18.0 Å². The van der Waals surface area contributed by atoms with Crippen molar-refractivity contribution >= 4 is 33.3 Å². The lowest BCUT2D eigenvalue weighted by molar-refractivity contribution is 0.0940. The summed E-state index contributed by atoms with van der Waals surface area (Å²) >= 11 is 1.62. The number of carbonyl (C=O) groups is 1. The molecule has 1 saturated heterocycles. The number of benzene rings is 1. The highest BCUT2D eigenvalue weighted by Crippen LogP contribution is 2.23. The molecule has 122 valence electrons. The fourth-order valence-electron chi connectivity index (χ4n) is 3.08. The van der Waals surface area contributed by atoms with Gasteiger partial charge in [-0.1, -0.05) is 6.07 Å². The molecule has 0 bridgehead atoms. The number of hydrogen-bond acceptors (Lipinski definition) is 5. The minimum absolute atomic E-state index is 0.0178. The van der Waals surface area contributed by atoms with Crippen LogP contribution in [0.15, 0.2) is 42.6 Å². The first-order chi connectivity index (χ1) is 11.7. The van der Waals surface area contributed by atoms with Gasteiger partial charge in [0.15, 0.2) is 0 Å². The average Bonchev–Trinajstić information content (AvgIpc) is 3.20. The largest absolute Gasteiger partial charge is 0.354 e. The van der Waals surface area contributed by atoms with E-state index in [1.165, 1.54) is 0 Å². The second-order valence-electron chi connectivity index (χ2n) is 6.01. The molecule has 1 aliphatic rings. The van der Waals surface area contributed by atoms with Gasteiger partial charge in [-0.05, 0) is 43.7 Å². The predicted octanol–water partition coefficient (Wildman–Crippen LogP) is 3.01. The van der Waals surface area contributed by atoms with E-state index >= 15 is 0 Å². The lowest BCUT2D eigenvalue weighted by Crippen LogP contribution is -2.37. The van der Waals surface area contributed by atoms with Crippen LogP contribution in [-0.4, -0.2) is 35.0 Å². The molecule has 0 radical (unpaired) electrons. The highest BCUT2D eigenvalue weighted by molar-refractivity contribution is 7.18. The Morgan fingerprint density at radius 1 is 1.33 bits per heavy atom. The molecule has 1 atom stereocenters. The molecule has 0 aliphatic carbocycles. The molecule has 0 spiro atoms. The van der Waals surface area contributed by atoms with Crippen LogP contribution in [0.3, 0.4) is 0 Å². The first-order valence-corrected chi connectivity index (χ1v) is 8.85. The Bertz CT molecular complexity index is 877. The number of hydrogen-bond donors (Lipinski definition) is 1. The topological polar surface area (TPSA) is 58.1 Å². The standard InChI is InChI=1S/C18H18N4OS/c1-12-20-15-6-5-13(10-16(15)24-12)18(23)21-14-7-9-22(11-14)17-4-2-3-8-19-17/h2-6,8,10,14H,7,9,11H2,1H3,(H,21,23)/t14-/m0/s1. The highest BCUT2D eigenvalue weighted by Gasteiger charge is 2.25. The molecule has 0 unspecified atom stereocenters. The first kappa shape index (κ1) is 15.1. The monoisotopic (exact) mass is 338 g/mol. The molecular weight excluding hydrogens is 320 g/mol. The number of nitrogens with zero attached hydrogens (tertiary/aromatic N) is 3. The van der Waals surface area contributed by atoms with Crippen molar-refractivity contribution in [3.05, 3.63) is 53.2 Å². The molecule has 24 heavy (non-hydrogen) atoms. The van der Waals surface area contributed by atoms with Crippen molar-refractivity contribution < 1.29 is 4.79 Å². The highest BCUT2D eigenvalue weighted by atomic mass is 32.1. The van der Waals surface area contributed by atoms with Gasteiger partial charge in [-0.25, -0.2) is 9.97 Å². The van der Waals surface area contributed by atoms with Crippen LogP contribution in [-0.2, 0) is 0 Å². The van der Waals surface area contributed by atoms with Crippen LogP contribution in [0.2, 0.25) is 0 Å². The molecular formula is C18H18N4OS.